The Bertz CT molecular complexity index is 4740. The fourth-order valence-electron chi connectivity index (χ4n) is 10.1. The highest BCUT2D eigenvalue weighted by molar-refractivity contribution is 9.11. The lowest BCUT2D eigenvalue weighted by Crippen LogP contribution is -2.36. The van der Waals surface area contributed by atoms with Gasteiger partial charge in [0.1, 0.15) is 60.4 Å². The van der Waals surface area contributed by atoms with E-state index in [2.05, 4.69) is 95.1 Å². The number of nitrogens with one attached hydrogen (secondary N) is 3. The molecule has 6 heterocycles. The van der Waals surface area contributed by atoms with Gasteiger partial charge in [-0.3, -0.25) is 4.55 Å². The van der Waals surface area contributed by atoms with Crippen molar-refractivity contribution in [2.45, 2.75) is 57.8 Å². The topological polar surface area (TPSA) is 327 Å². The molecule has 2 fully saturated rings. The maximum atomic E-state index is 15.8. The van der Waals surface area contributed by atoms with E-state index in [-0.39, 0.29) is 60.9 Å². The lowest BCUT2D eigenvalue weighted by molar-refractivity contribution is -0.154. The lowest BCUT2D eigenvalue weighted by Gasteiger charge is -2.31. The number of nitrogen functional groups attached to an aromatic ring is 1. The standard InChI is InChI=1S/C28H30BrF4N8O3P.C15H14BrClFN6OP.C13H17F3N2O2.C7H8O3S.C4H10O/c1-16-11-22(41-7-9-43-10-8-41)23(44-15-28(31,32)33)12-20(16)37-27-34-13-18(29)26(38-27)36-19-6-5-17(21-14-35-40(2)39-21)24(30)25(19)45(3,4)42;1-24-20-7-11(23-24)8-4-5-10(13(12(8)18)26(2,3)25)21-14-9(16)6-19-15(17)22-14;1-9-6-11(18-2-4-19-5-3-18)12(7-10(9)17)20-8-13(14,15)16;1-6-2-4-7(5-3-6)11(8,9)10;1-2-3-4-5/h5-6,11-14H,7-10,15H2,1-4H3,(H2,34,36,37,38);4-7H,1-3H3,(H,19,21,22);6-7H,2-5,8,17H2,1H3;2-5H,1H3,(H,8,9,10);5H,2-4H2,1H3. The van der Waals surface area contributed by atoms with Crippen molar-refractivity contribution in [1.29, 1.82) is 0 Å². The molecule has 0 amide bonds. The van der Waals surface area contributed by atoms with Gasteiger partial charge in [0, 0.05) is 93.9 Å². The van der Waals surface area contributed by atoms with Crippen LogP contribution in [-0.2, 0) is 42.8 Å². The first kappa shape index (κ1) is 86.1. The highest BCUT2D eigenvalue weighted by atomic mass is 79.9. The Labute approximate surface area is 634 Å². The van der Waals surface area contributed by atoms with Crippen LogP contribution in [0.3, 0.4) is 0 Å². The summed E-state index contributed by atoms with van der Waals surface area (Å²) in [5, 5.41) is 33.4. The number of hydrogen-bond acceptors (Lipinski definition) is 23. The molecule has 580 valence electrons. The number of halogens is 11. The molecule has 11 rings (SSSR count). The van der Waals surface area contributed by atoms with E-state index < -0.39 is 61.6 Å². The van der Waals surface area contributed by atoms with Gasteiger partial charge < -0.3 is 64.7 Å². The van der Waals surface area contributed by atoms with Crippen LogP contribution in [-0.4, -0.2) is 179 Å². The molecule has 0 bridgehead atoms. The number of ether oxygens (including phenoxy) is 4. The van der Waals surface area contributed by atoms with Crippen LogP contribution in [0.4, 0.5) is 86.8 Å². The summed E-state index contributed by atoms with van der Waals surface area (Å²) in [5.74, 6) is -0.440. The molecule has 2 aliphatic rings. The summed E-state index contributed by atoms with van der Waals surface area (Å²) in [5.41, 5.74) is 11.8. The van der Waals surface area contributed by atoms with Crippen molar-refractivity contribution in [3.63, 3.8) is 0 Å². The van der Waals surface area contributed by atoms with E-state index in [0.717, 1.165) is 24.0 Å². The number of benzene rings is 5. The van der Waals surface area contributed by atoms with Crippen molar-refractivity contribution >= 4 is 130 Å². The van der Waals surface area contributed by atoms with E-state index in [4.69, 9.17) is 45.9 Å². The maximum absolute atomic E-state index is 15.8. The third kappa shape index (κ3) is 25.5. The van der Waals surface area contributed by atoms with Gasteiger partial charge in [-0.2, -0.15) is 74.7 Å². The van der Waals surface area contributed by atoms with E-state index in [1.165, 1.54) is 91.4 Å². The Balaban J connectivity index is 0.000000216. The predicted octanol–water partition coefficient (Wildman–Crippen LogP) is 14.2. The van der Waals surface area contributed by atoms with Crippen molar-refractivity contribution in [3.8, 4) is 34.0 Å². The van der Waals surface area contributed by atoms with E-state index in [1.807, 2.05) is 23.6 Å². The molecule has 107 heavy (non-hydrogen) atoms. The van der Waals surface area contributed by atoms with Crippen LogP contribution in [0.1, 0.15) is 36.5 Å². The fourth-order valence-corrected chi connectivity index (χ4v) is 13.9. The number of aliphatic hydroxyl groups is 1. The fraction of sp³-hybridized carbons (Fsp3) is 0.373. The summed E-state index contributed by atoms with van der Waals surface area (Å²) < 4.78 is 185. The predicted molar refractivity (Wildman–Crippen MR) is 404 cm³/mol. The first-order valence-electron chi connectivity index (χ1n) is 32.4. The van der Waals surface area contributed by atoms with Crippen LogP contribution in [0.15, 0.2) is 111 Å². The molecular weight excluding hydrogens is 1630 g/mol. The summed E-state index contributed by atoms with van der Waals surface area (Å²) in [6.45, 7) is 15.2. The molecule has 0 spiro atoms. The van der Waals surface area contributed by atoms with Gasteiger partial charge in [0.2, 0.25) is 11.2 Å². The second-order valence-corrected chi connectivity index (χ2v) is 34.3. The molecule has 5 aromatic carbocycles. The van der Waals surface area contributed by atoms with Crippen molar-refractivity contribution in [2.24, 2.45) is 14.1 Å². The van der Waals surface area contributed by atoms with Crippen LogP contribution in [0, 0.1) is 32.4 Å². The summed E-state index contributed by atoms with van der Waals surface area (Å²) in [6, 6.07) is 18.7. The summed E-state index contributed by atoms with van der Waals surface area (Å²) in [6.07, 6.45) is -1.07. The molecule has 0 radical (unpaired) electrons. The van der Waals surface area contributed by atoms with Gasteiger partial charge in [-0.1, -0.05) is 31.0 Å². The van der Waals surface area contributed by atoms with Gasteiger partial charge in [0.25, 0.3) is 10.1 Å². The number of alkyl halides is 6. The molecular formula is C67H79Br2ClF8N16O10P2S. The Morgan fingerprint density at radius 2 is 1.07 bits per heavy atom. The smallest absolute Gasteiger partial charge is 0.422 e. The highest BCUT2D eigenvalue weighted by Gasteiger charge is 2.33. The van der Waals surface area contributed by atoms with Gasteiger partial charge in [0.05, 0.1) is 86.0 Å². The minimum atomic E-state index is -4.53. The second kappa shape index (κ2) is 37.8. The molecule has 26 nitrogen and oxygen atoms in total. The average molecular weight is 1710 g/mol. The van der Waals surface area contributed by atoms with Crippen molar-refractivity contribution in [1.82, 2.24) is 49.9 Å². The van der Waals surface area contributed by atoms with E-state index in [1.54, 1.807) is 63.5 Å². The monoisotopic (exact) mass is 1710 g/mol. The molecule has 40 heteroatoms. The van der Waals surface area contributed by atoms with Crippen LogP contribution in [0.2, 0.25) is 5.28 Å². The number of aromatic nitrogens is 10. The molecule has 4 aromatic heterocycles. The number of nitrogens with two attached hydrogens (primary N) is 1. The Kier molecular flexibility index (Phi) is 30.4. The van der Waals surface area contributed by atoms with Crippen molar-refractivity contribution in [2.75, 3.05) is 131 Å². The number of unbranched alkanes of at least 4 members (excludes halogenated alkanes) is 1. The highest BCUT2D eigenvalue weighted by Crippen LogP contribution is 2.45. The molecule has 0 saturated carbocycles. The van der Waals surface area contributed by atoms with Gasteiger partial charge in [0.15, 0.2) is 13.2 Å². The number of morpholine rings is 2. The quantitative estimate of drug-likeness (QED) is 0.0144. The molecule has 0 atom stereocenters. The van der Waals surface area contributed by atoms with E-state index in [9.17, 15) is 43.9 Å². The van der Waals surface area contributed by atoms with Crippen LogP contribution in [0.5, 0.6) is 11.5 Å². The average Bonchev–Trinajstić information content (AvgIpc) is 1.74. The summed E-state index contributed by atoms with van der Waals surface area (Å²) in [4.78, 5) is 23.1. The molecule has 2 aliphatic heterocycles. The summed E-state index contributed by atoms with van der Waals surface area (Å²) >= 11 is 12.5. The third-order valence-corrected chi connectivity index (χ3v) is 20.5. The number of aliphatic hydroxyl groups excluding tert-OH is 1. The van der Waals surface area contributed by atoms with Crippen LogP contribution in [0.25, 0.3) is 22.5 Å². The number of rotatable bonds is 19. The molecule has 0 unspecified atom stereocenters. The zero-order chi connectivity index (χ0) is 78.9. The molecule has 7 N–H and O–H groups in total. The maximum Gasteiger partial charge on any atom is 0.422 e. The number of aryl methyl sites for hydroxylation is 5. The van der Waals surface area contributed by atoms with E-state index in [0.29, 0.717) is 119 Å². The van der Waals surface area contributed by atoms with E-state index >= 15 is 8.78 Å². The number of anilines is 9. The van der Waals surface area contributed by atoms with Gasteiger partial charge in [-0.15, -0.1) is 0 Å². The lowest BCUT2D eigenvalue weighted by atomic mass is 10.1. The zero-order valence-corrected chi connectivity index (χ0v) is 66.0. The minimum absolute atomic E-state index is 0.0216. The van der Waals surface area contributed by atoms with Gasteiger partial charge >= 0.3 is 12.4 Å². The Hall–Kier alpha value is -8.12. The second-order valence-electron chi connectivity index (χ2n) is 24.6. The Morgan fingerprint density at radius 1 is 0.636 bits per heavy atom. The molecule has 9 aromatic rings. The zero-order valence-electron chi connectivity index (χ0n) is 59.5. The number of nitrogens with zero attached hydrogens (tertiary/aromatic N) is 12. The minimum Gasteiger partial charge on any atom is -0.482 e. The molecule has 2 saturated heterocycles. The summed E-state index contributed by atoms with van der Waals surface area (Å²) in [7, 11) is -6.93. The first-order chi connectivity index (χ1) is 50.1. The first-order valence-corrected chi connectivity index (χ1v) is 41.0. The largest absolute Gasteiger partial charge is 0.482 e. The van der Waals surface area contributed by atoms with Gasteiger partial charge in [-0.25, -0.2) is 18.7 Å². The normalized spacial score (nSPS) is 13.3. The molecule has 0 aliphatic carbocycles. The Morgan fingerprint density at radius 3 is 1.48 bits per heavy atom. The SMILES string of the molecule is CCCCO.Cc1cc(N2CCOCC2)c(OCC(F)(F)F)cc1N.Cc1cc(N2CCOCC2)c(OCC(F)(F)F)cc1Nc1ncc(Br)c(Nc2ccc(-c3cnn(C)n3)c(F)c2P(C)(C)=O)n1.Cc1ccc(S(=O)(=O)O)cc1.Cn1ncc(-c2ccc(Nc3nc(Cl)ncc3Br)c(P(C)(C)=O)c2F)n1. The van der Waals surface area contributed by atoms with Crippen LogP contribution >= 0.6 is 57.7 Å². The van der Waals surface area contributed by atoms with Gasteiger partial charge in [-0.05, 0) is 157 Å². The number of hydrogen-bond donors (Lipinski definition) is 6. The third-order valence-electron chi connectivity index (χ3n) is 15.2. The van der Waals surface area contributed by atoms with Crippen LogP contribution < -0.4 is 51.6 Å². The van der Waals surface area contributed by atoms with Crippen molar-refractivity contribution < 1.29 is 81.3 Å². The van der Waals surface area contributed by atoms with Crippen molar-refractivity contribution in [3.05, 3.63) is 140 Å².